The quantitative estimate of drug-likeness (QED) is 0.896. The summed E-state index contributed by atoms with van der Waals surface area (Å²) in [5.74, 6) is -1.15. The number of carboxylic acid groups (broad SMARTS) is 1. The third-order valence-corrected chi connectivity index (χ3v) is 4.19. The number of ether oxygens (including phenoxy) is 1. The molecule has 1 N–H and O–H groups in total. The van der Waals surface area contributed by atoms with Gasteiger partial charge in [0.05, 0.1) is 17.1 Å². The van der Waals surface area contributed by atoms with E-state index in [0.29, 0.717) is 12.2 Å². The molecule has 5 nitrogen and oxygen atoms in total. The van der Waals surface area contributed by atoms with Crippen molar-refractivity contribution in [3.05, 3.63) is 34.7 Å². The van der Waals surface area contributed by atoms with Gasteiger partial charge in [0.15, 0.2) is 0 Å². The zero-order valence-corrected chi connectivity index (χ0v) is 10.5. The zero-order chi connectivity index (χ0) is 13.3. The normalized spacial score (nSPS) is 16.2. The number of rotatable bonds is 4. The van der Waals surface area contributed by atoms with Crippen LogP contribution in [0.4, 0.5) is 0 Å². The molecular weight excluding hydrogens is 256 g/mol. The molecule has 6 heteroatoms. The SMILES string of the molecule is CCOCC1=CS(=O)(=O)c2cccc(C(=O)O)c21. The predicted octanol–water partition coefficient (Wildman–Crippen LogP) is 1.55. The van der Waals surface area contributed by atoms with Gasteiger partial charge in [0.2, 0.25) is 9.84 Å². The van der Waals surface area contributed by atoms with Crippen LogP contribution >= 0.6 is 0 Å². The minimum absolute atomic E-state index is 0.0143. The van der Waals surface area contributed by atoms with Crippen LogP contribution in [-0.4, -0.2) is 32.7 Å². The van der Waals surface area contributed by atoms with Crippen LogP contribution in [0.3, 0.4) is 0 Å². The van der Waals surface area contributed by atoms with Gasteiger partial charge in [-0.05, 0) is 24.6 Å². The number of aromatic carboxylic acids is 1. The fraction of sp³-hybridized carbons (Fsp3) is 0.250. The maximum atomic E-state index is 11.9. The Morgan fingerprint density at radius 2 is 2.11 bits per heavy atom. The zero-order valence-electron chi connectivity index (χ0n) is 9.71. The van der Waals surface area contributed by atoms with Gasteiger partial charge >= 0.3 is 5.97 Å². The summed E-state index contributed by atoms with van der Waals surface area (Å²) in [6.07, 6.45) is 0. The van der Waals surface area contributed by atoms with Crippen LogP contribution in [-0.2, 0) is 14.6 Å². The monoisotopic (exact) mass is 268 g/mol. The molecule has 1 aliphatic rings. The first-order valence-corrected chi connectivity index (χ1v) is 6.92. The Labute approximate surface area is 105 Å². The van der Waals surface area contributed by atoms with Gasteiger partial charge < -0.3 is 9.84 Å². The molecule has 0 aromatic heterocycles. The average molecular weight is 268 g/mol. The predicted molar refractivity (Wildman–Crippen MR) is 65.1 cm³/mol. The highest BCUT2D eigenvalue weighted by Gasteiger charge is 2.30. The second kappa shape index (κ2) is 4.55. The van der Waals surface area contributed by atoms with Crippen LogP contribution in [0.1, 0.15) is 22.8 Å². The van der Waals surface area contributed by atoms with E-state index in [9.17, 15) is 13.2 Å². The Morgan fingerprint density at radius 3 is 2.72 bits per heavy atom. The molecule has 1 heterocycles. The smallest absolute Gasteiger partial charge is 0.336 e. The fourth-order valence-electron chi connectivity index (χ4n) is 1.91. The highest BCUT2D eigenvalue weighted by molar-refractivity contribution is 7.95. The van der Waals surface area contributed by atoms with E-state index in [1.165, 1.54) is 18.2 Å². The molecule has 1 aliphatic heterocycles. The first-order valence-electron chi connectivity index (χ1n) is 5.37. The molecule has 2 rings (SSSR count). The van der Waals surface area contributed by atoms with Gasteiger partial charge in [-0.15, -0.1) is 0 Å². The number of benzene rings is 1. The van der Waals surface area contributed by atoms with Crippen molar-refractivity contribution in [1.29, 1.82) is 0 Å². The van der Waals surface area contributed by atoms with E-state index in [1.54, 1.807) is 6.92 Å². The van der Waals surface area contributed by atoms with E-state index in [4.69, 9.17) is 9.84 Å². The van der Waals surface area contributed by atoms with Crippen molar-refractivity contribution in [2.45, 2.75) is 11.8 Å². The number of hydrogen-bond donors (Lipinski definition) is 1. The third-order valence-electron chi connectivity index (χ3n) is 2.64. The van der Waals surface area contributed by atoms with E-state index in [-0.39, 0.29) is 22.6 Å². The second-order valence-corrected chi connectivity index (χ2v) is 5.57. The molecule has 0 aliphatic carbocycles. The summed E-state index contributed by atoms with van der Waals surface area (Å²) >= 11 is 0. The summed E-state index contributed by atoms with van der Waals surface area (Å²) in [6.45, 7) is 2.31. The van der Waals surface area contributed by atoms with Crippen LogP contribution in [0.5, 0.6) is 0 Å². The summed E-state index contributed by atoms with van der Waals surface area (Å²) in [6, 6.07) is 4.23. The van der Waals surface area contributed by atoms with E-state index in [2.05, 4.69) is 0 Å². The highest BCUT2D eigenvalue weighted by Crippen LogP contribution is 2.35. The first kappa shape index (κ1) is 12.8. The largest absolute Gasteiger partial charge is 0.478 e. The number of fused-ring (bicyclic) bond motifs is 1. The van der Waals surface area contributed by atoms with Crippen molar-refractivity contribution in [3.63, 3.8) is 0 Å². The van der Waals surface area contributed by atoms with Crippen molar-refractivity contribution in [3.8, 4) is 0 Å². The molecule has 96 valence electrons. The minimum atomic E-state index is -3.55. The Hall–Kier alpha value is -1.66. The maximum absolute atomic E-state index is 11.9. The summed E-state index contributed by atoms with van der Waals surface area (Å²) in [7, 11) is -3.55. The maximum Gasteiger partial charge on any atom is 0.336 e. The molecule has 1 aromatic carbocycles. The highest BCUT2D eigenvalue weighted by atomic mass is 32.2. The molecule has 0 unspecified atom stereocenters. The summed E-state index contributed by atoms with van der Waals surface area (Å²) in [4.78, 5) is 11.2. The van der Waals surface area contributed by atoms with Crippen molar-refractivity contribution < 1.29 is 23.1 Å². The summed E-state index contributed by atoms with van der Waals surface area (Å²) in [5.41, 5.74) is 0.628. The Bertz CT molecular complexity index is 628. The van der Waals surface area contributed by atoms with Crippen LogP contribution < -0.4 is 0 Å². The summed E-state index contributed by atoms with van der Waals surface area (Å²) < 4.78 is 28.9. The van der Waals surface area contributed by atoms with E-state index in [1.807, 2.05) is 0 Å². The lowest BCUT2D eigenvalue weighted by atomic mass is 10.0. The second-order valence-electron chi connectivity index (χ2n) is 3.81. The van der Waals surface area contributed by atoms with Gasteiger partial charge in [0.25, 0.3) is 0 Å². The molecule has 0 saturated heterocycles. The number of hydrogen-bond acceptors (Lipinski definition) is 4. The standard InChI is InChI=1S/C12H12O5S/c1-2-17-6-8-7-18(15,16)10-5-3-4-9(11(8)10)12(13)14/h3-5,7H,2,6H2,1H3,(H,13,14). The van der Waals surface area contributed by atoms with Gasteiger partial charge in [0.1, 0.15) is 0 Å². The molecule has 0 spiro atoms. The molecule has 0 atom stereocenters. The van der Waals surface area contributed by atoms with Crippen LogP contribution in [0.2, 0.25) is 0 Å². The molecule has 18 heavy (non-hydrogen) atoms. The molecule has 0 fully saturated rings. The summed E-state index contributed by atoms with van der Waals surface area (Å²) in [5, 5.41) is 10.2. The molecular formula is C12H12O5S. The molecule has 0 radical (unpaired) electrons. The Kier molecular flexibility index (Phi) is 3.23. The van der Waals surface area contributed by atoms with E-state index in [0.717, 1.165) is 5.41 Å². The van der Waals surface area contributed by atoms with Crippen LogP contribution in [0.25, 0.3) is 5.57 Å². The van der Waals surface area contributed by atoms with Gasteiger partial charge in [-0.1, -0.05) is 6.07 Å². The Balaban J connectivity index is 2.62. The van der Waals surface area contributed by atoms with Gasteiger partial charge in [-0.25, -0.2) is 13.2 Å². The molecule has 1 aromatic rings. The average Bonchev–Trinajstić information content (AvgIpc) is 2.58. The fourth-order valence-corrected chi connectivity index (χ4v) is 3.39. The van der Waals surface area contributed by atoms with E-state index >= 15 is 0 Å². The molecule has 0 saturated carbocycles. The third kappa shape index (κ3) is 2.04. The number of carbonyl (C=O) groups is 1. The van der Waals surface area contributed by atoms with Crippen molar-refractivity contribution in [2.24, 2.45) is 0 Å². The van der Waals surface area contributed by atoms with Gasteiger partial charge in [-0.2, -0.15) is 0 Å². The molecule has 0 amide bonds. The van der Waals surface area contributed by atoms with Gasteiger partial charge in [0, 0.05) is 17.6 Å². The number of carboxylic acids is 1. The Morgan fingerprint density at radius 1 is 1.39 bits per heavy atom. The lowest BCUT2D eigenvalue weighted by Crippen LogP contribution is -2.05. The number of sulfone groups is 1. The topological polar surface area (TPSA) is 80.7 Å². The first-order chi connectivity index (χ1) is 8.47. The van der Waals surface area contributed by atoms with Crippen LogP contribution in [0, 0.1) is 0 Å². The molecule has 0 bridgehead atoms. The lowest BCUT2D eigenvalue weighted by molar-refractivity contribution is 0.0696. The van der Waals surface area contributed by atoms with Crippen molar-refractivity contribution in [2.75, 3.05) is 13.2 Å². The van der Waals surface area contributed by atoms with E-state index < -0.39 is 15.8 Å². The van der Waals surface area contributed by atoms with Crippen LogP contribution in [0.15, 0.2) is 28.5 Å². The minimum Gasteiger partial charge on any atom is -0.478 e. The lowest BCUT2D eigenvalue weighted by Gasteiger charge is -2.07. The van der Waals surface area contributed by atoms with Crippen molar-refractivity contribution in [1.82, 2.24) is 0 Å². The van der Waals surface area contributed by atoms with Gasteiger partial charge in [-0.3, -0.25) is 0 Å². The van der Waals surface area contributed by atoms with Crippen molar-refractivity contribution >= 4 is 21.4 Å².